The molecule has 0 aliphatic heterocycles. The van der Waals surface area contributed by atoms with Gasteiger partial charge in [-0.1, -0.05) is 309 Å². The van der Waals surface area contributed by atoms with E-state index in [1.54, 1.807) is 0 Å². The van der Waals surface area contributed by atoms with Gasteiger partial charge in [0.1, 0.15) is 0 Å². The van der Waals surface area contributed by atoms with Gasteiger partial charge < -0.3 is 20.3 Å². The van der Waals surface area contributed by atoms with Gasteiger partial charge >= 0.3 is 5.97 Å². The lowest BCUT2D eigenvalue weighted by Crippen LogP contribution is -2.45. The number of amides is 1. The summed E-state index contributed by atoms with van der Waals surface area (Å²) < 4.78 is 5.49. The second-order valence-electron chi connectivity index (χ2n) is 22.1. The summed E-state index contributed by atoms with van der Waals surface area (Å²) in [6, 6.07) is -0.543. The van der Waals surface area contributed by atoms with Gasteiger partial charge in [-0.2, -0.15) is 0 Å². The molecule has 6 heteroatoms. The maximum atomic E-state index is 12.5. The summed E-state index contributed by atoms with van der Waals surface area (Å²) >= 11 is 0. The first-order valence-corrected chi connectivity index (χ1v) is 31.9. The van der Waals surface area contributed by atoms with E-state index in [4.69, 9.17) is 4.74 Å². The van der Waals surface area contributed by atoms with Gasteiger partial charge in [0, 0.05) is 12.8 Å². The molecule has 1 amide bonds. The summed E-state index contributed by atoms with van der Waals surface area (Å²) in [5.41, 5.74) is 0. The molecule has 0 saturated heterocycles. The third-order valence-electron chi connectivity index (χ3n) is 15.1. The molecule has 0 fully saturated rings. The molecule has 0 spiro atoms. The highest BCUT2D eigenvalue weighted by Crippen LogP contribution is 2.18. The number of rotatable bonds is 60. The van der Waals surface area contributed by atoms with Crippen LogP contribution in [0.2, 0.25) is 0 Å². The largest absolute Gasteiger partial charge is 0.466 e. The van der Waals surface area contributed by atoms with E-state index in [-0.39, 0.29) is 18.5 Å². The number of hydrogen-bond acceptors (Lipinski definition) is 5. The topological polar surface area (TPSA) is 95.9 Å². The van der Waals surface area contributed by atoms with Crippen molar-refractivity contribution in [3.8, 4) is 0 Å². The van der Waals surface area contributed by atoms with E-state index in [1.165, 1.54) is 283 Å². The van der Waals surface area contributed by atoms with Gasteiger partial charge in [0.15, 0.2) is 0 Å². The van der Waals surface area contributed by atoms with E-state index >= 15 is 0 Å². The number of aliphatic hydroxyl groups excluding tert-OH is 2. The number of ether oxygens (including phenoxy) is 1. The Bertz CT molecular complexity index is 1050. The van der Waals surface area contributed by atoms with E-state index < -0.39 is 12.1 Å². The highest BCUT2D eigenvalue weighted by molar-refractivity contribution is 5.76. The summed E-state index contributed by atoms with van der Waals surface area (Å²) in [5.74, 6) is -0.0295. The molecule has 416 valence electrons. The predicted molar refractivity (Wildman–Crippen MR) is 306 cm³/mol. The second-order valence-corrected chi connectivity index (χ2v) is 22.1. The number of hydrogen-bond donors (Lipinski definition) is 3. The SMILES string of the molecule is CCCCCCCCC/C=C\CCCCCCCC(=O)OCCCCCCCCCCCCCCCCCCCCCCC(=O)NC(CO)C(O)CCCCCCCCCCCCCCCCCCC. The third kappa shape index (κ3) is 55.9. The Labute approximate surface area is 438 Å². The van der Waals surface area contributed by atoms with Crippen molar-refractivity contribution in [3.63, 3.8) is 0 Å². The van der Waals surface area contributed by atoms with Crippen molar-refractivity contribution in [1.82, 2.24) is 5.32 Å². The Kier molecular flexibility index (Phi) is 59.0. The zero-order valence-corrected chi connectivity index (χ0v) is 47.5. The number of carbonyl (C=O) groups excluding carboxylic acids is 2. The third-order valence-corrected chi connectivity index (χ3v) is 15.1. The van der Waals surface area contributed by atoms with Crippen molar-refractivity contribution in [2.75, 3.05) is 13.2 Å². The van der Waals surface area contributed by atoms with Crippen LogP contribution in [0.5, 0.6) is 0 Å². The maximum absolute atomic E-state index is 12.5. The minimum absolute atomic E-state index is 0.00419. The summed E-state index contributed by atoms with van der Waals surface area (Å²) in [7, 11) is 0. The van der Waals surface area contributed by atoms with Crippen molar-refractivity contribution in [3.05, 3.63) is 12.2 Å². The lowest BCUT2D eigenvalue weighted by atomic mass is 10.0. The fourth-order valence-electron chi connectivity index (χ4n) is 10.2. The highest BCUT2D eigenvalue weighted by atomic mass is 16.5. The van der Waals surface area contributed by atoms with Crippen LogP contribution in [0.4, 0.5) is 0 Å². The monoisotopic (exact) mass is 988 g/mol. The van der Waals surface area contributed by atoms with Crippen LogP contribution >= 0.6 is 0 Å². The van der Waals surface area contributed by atoms with E-state index in [1.807, 2.05) is 0 Å². The second kappa shape index (κ2) is 60.2. The number of nitrogens with one attached hydrogen (secondary N) is 1. The summed E-state index contributed by atoms with van der Waals surface area (Å²) in [6.45, 7) is 4.97. The van der Waals surface area contributed by atoms with Crippen LogP contribution in [0.15, 0.2) is 12.2 Å². The number of esters is 1. The molecular weight excluding hydrogens is 863 g/mol. The van der Waals surface area contributed by atoms with Crippen molar-refractivity contribution in [2.45, 2.75) is 373 Å². The highest BCUT2D eigenvalue weighted by Gasteiger charge is 2.20. The van der Waals surface area contributed by atoms with Crippen molar-refractivity contribution in [1.29, 1.82) is 0 Å². The Morgan fingerprint density at radius 3 is 1.01 bits per heavy atom. The Morgan fingerprint density at radius 1 is 0.386 bits per heavy atom. The number of aliphatic hydroxyl groups is 2. The molecule has 0 aliphatic rings. The van der Waals surface area contributed by atoms with Gasteiger partial charge in [0.05, 0.1) is 25.4 Å². The molecule has 2 atom stereocenters. The fraction of sp³-hybridized carbons (Fsp3) is 0.938. The first-order valence-electron chi connectivity index (χ1n) is 31.9. The zero-order valence-electron chi connectivity index (χ0n) is 47.5. The van der Waals surface area contributed by atoms with Crippen LogP contribution in [0.3, 0.4) is 0 Å². The fourth-order valence-corrected chi connectivity index (χ4v) is 10.2. The van der Waals surface area contributed by atoms with E-state index in [2.05, 4.69) is 31.3 Å². The molecule has 0 aromatic carbocycles. The Hall–Kier alpha value is -1.40. The molecule has 3 N–H and O–H groups in total. The smallest absolute Gasteiger partial charge is 0.305 e. The minimum atomic E-state index is -0.665. The summed E-state index contributed by atoms with van der Waals surface area (Å²) in [4.78, 5) is 24.6. The van der Waals surface area contributed by atoms with Crippen LogP contribution in [-0.2, 0) is 14.3 Å². The van der Waals surface area contributed by atoms with Gasteiger partial charge in [-0.15, -0.1) is 0 Å². The van der Waals surface area contributed by atoms with Crippen LogP contribution in [0, 0.1) is 0 Å². The molecule has 0 radical (unpaired) electrons. The van der Waals surface area contributed by atoms with Gasteiger partial charge in [0.25, 0.3) is 0 Å². The van der Waals surface area contributed by atoms with Crippen LogP contribution in [-0.4, -0.2) is 47.4 Å². The van der Waals surface area contributed by atoms with Crippen molar-refractivity contribution < 1.29 is 24.5 Å². The first kappa shape index (κ1) is 68.6. The molecule has 0 saturated carbocycles. The quantitative estimate of drug-likeness (QED) is 0.0321. The lowest BCUT2D eigenvalue weighted by molar-refractivity contribution is -0.143. The lowest BCUT2D eigenvalue weighted by Gasteiger charge is -2.22. The van der Waals surface area contributed by atoms with Gasteiger partial charge in [0.2, 0.25) is 5.91 Å². The molecule has 0 aromatic heterocycles. The number of allylic oxidation sites excluding steroid dienone is 2. The average molecular weight is 989 g/mol. The molecule has 70 heavy (non-hydrogen) atoms. The van der Waals surface area contributed by atoms with Crippen molar-refractivity contribution in [2.24, 2.45) is 0 Å². The first-order chi connectivity index (χ1) is 34.5. The molecule has 0 rings (SSSR count). The van der Waals surface area contributed by atoms with Crippen LogP contribution in [0.25, 0.3) is 0 Å². The van der Waals surface area contributed by atoms with Gasteiger partial charge in [-0.25, -0.2) is 0 Å². The Morgan fingerprint density at radius 2 is 0.671 bits per heavy atom. The molecule has 0 bridgehead atoms. The average Bonchev–Trinajstić information content (AvgIpc) is 3.36. The normalized spacial score (nSPS) is 12.6. The van der Waals surface area contributed by atoms with Gasteiger partial charge in [-0.05, 0) is 51.4 Å². The molecule has 0 aliphatic carbocycles. The molecule has 0 aromatic rings. The minimum Gasteiger partial charge on any atom is -0.466 e. The van der Waals surface area contributed by atoms with E-state index in [9.17, 15) is 19.8 Å². The van der Waals surface area contributed by atoms with E-state index in [0.29, 0.717) is 25.9 Å². The van der Waals surface area contributed by atoms with Crippen LogP contribution in [0.1, 0.15) is 361 Å². The van der Waals surface area contributed by atoms with Crippen LogP contribution < -0.4 is 5.32 Å². The molecule has 6 nitrogen and oxygen atoms in total. The number of carbonyl (C=O) groups is 2. The van der Waals surface area contributed by atoms with E-state index in [0.717, 1.165) is 44.9 Å². The predicted octanol–water partition coefficient (Wildman–Crippen LogP) is 20.0. The molecular formula is C64H125NO5. The maximum Gasteiger partial charge on any atom is 0.305 e. The summed E-state index contributed by atoms with van der Waals surface area (Å²) in [5, 5.41) is 23.3. The van der Waals surface area contributed by atoms with Crippen molar-refractivity contribution >= 4 is 11.9 Å². The standard InChI is InChI=1S/C64H125NO5/c1-3-5-7-9-11-13-15-17-19-25-28-32-36-40-44-48-52-56-62(67)61(60-66)65-63(68)57-53-49-45-41-37-33-29-26-23-21-22-24-27-31-35-39-43-47-51-55-59-70-64(69)58-54-50-46-42-38-34-30-20-18-16-14-12-10-8-6-4-2/h20,30,61-62,66-67H,3-19,21-29,31-60H2,1-2H3,(H,65,68)/b30-20-. The molecule has 2 unspecified atom stereocenters. The molecule has 0 heterocycles. The Balaban J connectivity index is 3.38. The summed E-state index contributed by atoms with van der Waals surface area (Å²) in [6.07, 6.45) is 72.2. The van der Waals surface area contributed by atoms with Gasteiger partial charge in [-0.3, -0.25) is 9.59 Å². The number of unbranched alkanes of at least 4 members (excludes halogenated alkanes) is 47. The zero-order chi connectivity index (χ0) is 50.7.